The van der Waals surface area contributed by atoms with E-state index < -0.39 is 0 Å². The molecule has 1 heterocycles. The molecule has 1 saturated carbocycles. The van der Waals surface area contributed by atoms with Crippen molar-refractivity contribution in [1.29, 1.82) is 0 Å². The van der Waals surface area contributed by atoms with Gasteiger partial charge in [-0.2, -0.15) is 0 Å². The molecular weight excluding hydrogens is 206 g/mol. The highest BCUT2D eigenvalue weighted by molar-refractivity contribution is 4.74. The molecule has 0 spiro atoms. The summed E-state index contributed by atoms with van der Waals surface area (Å²) in [5.74, 6) is 0.500. The summed E-state index contributed by atoms with van der Waals surface area (Å²) in [4.78, 5) is 23.4. The Labute approximate surface area is 94.1 Å². The van der Waals surface area contributed by atoms with Crippen molar-refractivity contribution in [1.82, 2.24) is 14.3 Å². The molecule has 1 N–H and O–H groups in total. The van der Waals surface area contributed by atoms with Crippen LogP contribution in [0, 0.1) is 5.92 Å². The molecule has 0 aliphatic heterocycles. The molecule has 0 unspecified atom stereocenters. The highest BCUT2D eigenvalue weighted by Gasteiger charge is 2.17. The van der Waals surface area contributed by atoms with Crippen molar-refractivity contribution in [3.63, 3.8) is 0 Å². The zero-order valence-corrected chi connectivity index (χ0v) is 9.74. The Hall–Kier alpha value is -1.26. The number of rotatable bonds is 3. The lowest BCUT2D eigenvalue weighted by Crippen LogP contribution is -2.32. The summed E-state index contributed by atoms with van der Waals surface area (Å²) in [6.07, 6.45) is 6.03. The molecule has 0 bridgehead atoms. The van der Waals surface area contributed by atoms with Crippen LogP contribution in [-0.4, -0.2) is 14.3 Å². The van der Waals surface area contributed by atoms with Crippen LogP contribution in [0.2, 0.25) is 0 Å². The van der Waals surface area contributed by atoms with Crippen molar-refractivity contribution < 1.29 is 0 Å². The molecule has 0 saturated heterocycles. The molecule has 16 heavy (non-hydrogen) atoms. The van der Waals surface area contributed by atoms with Gasteiger partial charge >= 0.3 is 11.4 Å². The first kappa shape index (κ1) is 11.2. The van der Waals surface area contributed by atoms with Gasteiger partial charge in [-0.3, -0.25) is 0 Å². The van der Waals surface area contributed by atoms with Crippen molar-refractivity contribution in [2.45, 2.75) is 52.1 Å². The van der Waals surface area contributed by atoms with E-state index in [1.807, 2.05) is 6.92 Å². The van der Waals surface area contributed by atoms with Gasteiger partial charge in [-0.15, -0.1) is 0 Å². The number of aryl methyl sites for hydroxylation is 1. The molecular formula is C11H19N3O2. The monoisotopic (exact) mass is 225 g/mol. The van der Waals surface area contributed by atoms with E-state index in [4.69, 9.17) is 0 Å². The summed E-state index contributed by atoms with van der Waals surface area (Å²) < 4.78 is 2.71. The number of nitrogens with zero attached hydrogens (tertiary/aromatic N) is 2. The van der Waals surface area contributed by atoms with Crippen molar-refractivity contribution in [2.24, 2.45) is 5.92 Å². The van der Waals surface area contributed by atoms with Crippen LogP contribution in [0.25, 0.3) is 0 Å². The Morgan fingerprint density at radius 1 is 1.25 bits per heavy atom. The minimum atomic E-state index is -0.266. The molecule has 0 atom stereocenters. The summed E-state index contributed by atoms with van der Waals surface area (Å²) in [5.41, 5.74) is -0.463. The van der Waals surface area contributed by atoms with Gasteiger partial charge in [-0.1, -0.05) is 19.3 Å². The fraction of sp³-hybridized carbons (Fsp3) is 0.818. The number of aromatic nitrogens is 3. The Bertz CT molecular complexity index is 449. The second kappa shape index (κ2) is 4.72. The zero-order chi connectivity index (χ0) is 11.5. The van der Waals surface area contributed by atoms with Crippen molar-refractivity contribution >= 4 is 0 Å². The van der Waals surface area contributed by atoms with E-state index >= 15 is 0 Å². The topological polar surface area (TPSA) is 59.8 Å². The molecule has 90 valence electrons. The number of hydrogen-bond donors (Lipinski definition) is 1. The third-order valence-corrected chi connectivity index (χ3v) is 3.42. The smallest absolute Gasteiger partial charge is 0.246 e. The first-order valence-electron chi connectivity index (χ1n) is 6.12. The third-order valence-electron chi connectivity index (χ3n) is 3.42. The van der Waals surface area contributed by atoms with E-state index in [1.165, 1.54) is 28.5 Å². The van der Waals surface area contributed by atoms with Gasteiger partial charge in [0.05, 0.1) is 0 Å². The largest absolute Gasteiger partial charge is 0.346 e. The molecule has 2 rings (SSSR count). The van der Waals surface area contributed by atoms with Gasteiger partial charge in [0.15, 0.2) is 0 Å². The number of H-pyrrole nitrogens is 1. The minimum absolute atomic E-state index is 0.196. The Morgan fingerprint density at radius 2 is 1.94 bits per heavy atom. The van der Waals surface area contributed by atoms with E-state index in [-0.39, 0.29) is 11.4 Å². The van der Waals surface area contributed by atoms with Crippen LogP contribution in [0.3, 0.4) is 0 Å². The summed E-state index contributed by atoms with van der Waals surface area (Å²) >= 11 is 0. The number of nitrogens with one attached hydrogen (secondary N) is 1. The lowest BCUT2D eigenvalue weighted by molar-refractivity contribution is 0.312. The molecule has 1 aromatic rings. The second-order valence-corrected chi connectivity index (χ2v) is 4.56. The minimum Gasteiger partial charge on any atom is -0.246 e. The maximum atomic E-state index is 11.8. The molecule has 1 fully saturated rings. The van der Waals surface area contributed by atoms with Crippen LogP contribution in [-0.2, 0) is 13.1 Å². The van der Waals surface area contributed by atoms with Crippen LogP contribution in [0.15, 0.2) is 9.59 Å². The lowest BCUT2D eigenvalue weighted by atomic mass is 9.89. The molecule has 5 heteroatoms. The van der Waals surface area contributed by atoms with Gasteiger partial charge in [0.1, 0.15) is 0 Å². The highest BCUT2D eigenvalue weighted by atomic mass is 16.2. The summed E-state index contributed by atoms with van der Waals surface area (Å²) in [5, 5.41) is 2.56. The van der Waals surface area contributed by atoms with E-state index in [0.717, 1.165) is 12.8 Å². The fourth-order valence-electron chi connectivity index (χ4n) is 2.46. The Balaban J connectivity index is 2.17. The Morgan fingerprint density at radius 3 is 2.50 bits per heavy atom. The molecule has 0 aromatic carbocycles. The lowest BCUT2D eigenvalue weighted by Gasteiger charge is -2.20. The molecule has 0 radical (unpaired) electrons. The molecule has 1 aliphatic rings. The first-order valence-corrected chi connectivity index (χ1v) is 6.12. The predicted octanol–water partition coefficient (Wildman–Crippen LogP) is 0.938. The fourth-order valence-corrected chi connectivity index (χ4v) is 2.46. The summed E-state index contributed by atoms with van der Waals surface area (Å²) in [6.45, 7) is 2.95. The van der Waals surface area contributed by atoms with Gasteiger partial charge in [-0.25, -0.2) is 23.9 Å². The van der Waals surface area contributed by atoms with Crippen LogP contribution < -0.4 is 11.4 Å². The highest BCUT2D eigenvalue weighted by Crippen LogP contribution is 2.24. The zero-order valence-electron chi connectivity index (χ0n) is 9.74. The SMILES string of the molecule is CCn1[nH]c(=O)n(CC2CCCCC2)c1=O. The molecule has 1 aromatic heterocycles. The van der Waals surface area contributed by atoms with E-state index in [0.29, 0.717) is 19.0 Å². The van der Waals surface area contributed by atoms with Crippen molar-refractivity contribution in [2.75, 3.05) is 0 Å². The molecule has 5 nitrogen and oxygen atoms in total. The number of hydrogen-bond acceptors (Lipinski definition) is 2. The van der Waals surface area contributed by atoms with Gasteiger partial charge in [-0.05, 0) is 25.7 Å². The van der Waals surface area contributed by atoms with Crippen molar-refractivity contribution in [3.8, 4) is 0 Å². The number of aromatic amines is 1. The van der Waals surface area contributed by atoms with Crippen LogP contribution in [0.4, 0.5) is 0 Å². The van der Waals surface area contributed by atoms with Gasteiger partial charge in [0, 0.05) is 13.1 Å². The van der Waals surface area contributed by atoms with Crippen LogP contribution in [0.5, 0.6) is 0 Å². The van der Waals surface area contributed by atoms with E-state index in [2.05, 4.69) is 5.10 Å². The average molecular weight is 225 g/mol. The Kier molecular flexibility index (Phi) is 3.31. The van der Waals surface area contributed by atoms with Gasteiger partial charge in [0.2, 0.25) is 0 Å². The summed E-state index contributed by atoms with van der Waals surface area (Å²) in [6, 6.07) is 0. The van der Waals surface area contributed by atoms with E-state index in [1.54, 1.807) is 0 Å². The van der Waals surface area contributed by atoms with Crippen LogP contribution in [0.1, 0.15) is 39.0 Å². The predicted molar refractivity (Wildman–Crippen MR) is 61.6 cm³/mol. The van der Waals surface area contributed by atoms with Crippen LogP contribution >= 0.6 is 0 Å². The first-order chi connectivity index (χ1) is 7.72. The van der Waals surface area contributed by atoms with Gasteiger partial charge < -0.3 is 0 Å². The second-order valence-electron chi connectivity index (χ2n) is 4.56. The van der Waals surface area contributed by atoms with Gasteiger partial charge in [0.25, 0.3) is 0 Å². The third kappa shape index (κ3) is 2.13. The maximum Gasteiger partial charge on any atom is 0.346 e. The summed E-state index contributed by atoms with van der Waals surface area (Å²) in [7, 11) is 0. The van der Waals surface area contributed by atoms with Crippen molar-refractivity contribution in [3.05, 3.63) is 21.0 Å². The average Bonchev–Trinajstić information content (AvgIpc) is 2.58. The van der Waals surface area contributed by atoms with E-state index in [9.17, 15) is 9.59 Å². The quantitative estimate of drug-likeness (QED) is 0.832. The maximum absolute atomic E-state index is 11.8. The normalized spacial score (nSPS) is 17.8. The standard InChI is InChI=1S/C11H19N3O2/c1-2-14-11(16)13(10(15)12-14)8-9-6-4-3-5-7-9/h9H,2-8H2,1H3,(H,12,15). The molecule has 1 aliphatic carbocycles. The molecule has 0 amide bonds.